The lowest BCUT2D eigenvalue weighted by molar-refractivity contribution is 0.0595. The maximum Gasteiger partial charge on any atom is 0.362 e. The van der Waals surface area contributed by atoms with Crippen LogP contribution in [-0.4, -0.2) is 70.1 Å². The number of aliphatic hydroxyl groups is 1. The number of ether oxygens (including phenoxy) is 1. The first-order valence-electron chi connectivity index (χ1n) is 12.6. The number of azo groups is 2. The van der Waals surface area contributed by atoms with E-state index in [4.69, 9.17) is 25.0 Å². The maximum absolute atomic E-state index is 12.0. The van der Waals surface area contributed by atoms with E-state index in [0.29, 0.717) is 11.4 Å². The number of carbonyl (C=O) groups excluding carboxylic acids is 2. The molecule has 0 atom stereocenters. The summed E-state index contributed by atoms with van der Waals surface area (Å²) in [6, 6.07) is 1.51. The Balaban J connectivity index is 1.46. The van der Waals surface area contributed by atoms with Crippen LogP contribution in [0.25, 0.3) is 11.6 Å². The first-order valence-corrected chi connectivity index (χ1v) is 12.6. The maximum atomic E-state index is 12.0. The summed E-state index contributed by atoms with van der Waals surface area (Å²) in [4.78, 5) is 40.3. The van der Waals surface area contributed by atoms with Crippen LogP contribution in [0, 0.1) is 27.7 Å². The van der Waals surface area contributed by atoms with E-state index in [0.717, 1.165) is 0 Å². The van der Waals surface area contributed by atoms with Crippen molar-refractivity contribution >= 4 is 46.5 Å². The van der Waals surface area contributed by atoms with E-state index in [9.17, 15) is 14.7 Å². The Morgan fingerprint density at radius 1 is 0.841 bits per heavy atom. The van der Waals surface area contributed by atoms with E-state index >= 15 is 0 Å². The van der Waals surface area contributed by atoms with Gasteiger partial charge in [0.15, 0.2) is 52.1 Å². The van der Waals surface area contributed by atoms with E-state index in [2.05, 4.69) is 50.6 Å². The molecule has 0 aliphatic heterocycles. The second kappa shape index (κ2) is 11.6. The molecule has 0 bridgehead atoms. The number of methoxy groups -OCH3 is 1. The summed E-state index contributed by atoms with van der Waals surface area (Å²) in [6.07, 6.45) is 1.25. The smallest absolute Gasteiger partial charge is 0.362 e. The van der Waals surface area contributed by atoms with Gasteiger partial charge in [-0.3, -0.25) is 4.79 Å². The third-order valence-corrected chi connectivity index (χ3v) is 5.90. The normalized spacial score (nSPS) is 11.7. The van der Waals surface area contributed by atoms with Gasteiger partial charge in [0, 0.05) is 19.9 Å². The Bertz CT molecular complexity index is 1830. The minimum absolute atomic E-state index is 0.0602. The number of nitrogens with two attached hydrogens (primary N) is 2. The van der Waals surface area contributed by atoms with Gasteiger partial charge in [-0.25, -0.2) is 24.7 Å². The van der Waals surface area contributed by atoms with Gasteiger partial charge in [0.1, 0.15) is 12.9 Å². The number of oxazole rings is 2. The lowest BCUT2D eigenvalue weighted by Gasteiger charge is -2.06. The topological polar surface area (TPSA) is 279 Å². The van der Waals surface area contributed by atoms with Crippen LogP contribution >= 0.6 is 0 Å². The number of anilines is 2. The van der Waals surface area contributed by atoms with Crippen LogP contribution in [0.4, 0.5) is 34.8 Å². The van der Waals surface area contributed by atoms with Crippen molar-refractivity contribution in [1.82, 2.24) is 39.5 Å². The van der Waals surface area contributed by atoms with Crippen LogP contribution in [0.1, 0.15) is 44.1 Å². The van der Waals surface area contributed by atoms with Gasteiger partial charge >= 0.3 is 5.97 Å². The minimum atomic E-state index is -0.772. The molecular weight excluding hydrogens is 580 g/mol. The molecule has 5 aromatic rings. The number of esters is 1. The van der Waals surface area contributed by atoms with Crippen LogP contribution in [-0.2, 0) is 4.74 Å². The summed E-state index contributed by atoms with van der Waals surface area (Å²) in [6.45, 7) is 5.59. The number of nitrogen functional groups attached to an aromatic ring is 2. The largest absolute Gasteiger partial charge is 0.464 e. The number of aryl methyl sites for hydroxylation is 4. The van der Waals surface area contributed by atoms with E-state index in [1.807, 2.05) is 0 Å². The van der Waals surface area contributed by atoms with Crippen molar-refractivity contribution in [1.29, 1.82) is 0 Å². The molecule has 0 radical (unpaired) electrons. The van der Waals surface area contributed by atoms with E-state index in [-0.39, 0.29) is 69.6 Å². The van der Waals surface area contributed by atoms with Gasteiger partial charge in [0.05, 0.1) is 18.5 Å². The quantitative estimate of drug-likeness (QED) is 0.124. The highest BCUT2D eigenvalue weighted by Crippen LogP contribution is 2.33. The summed E-state index contributed by atoms with van der Waals surface area (Å²) in [7, 11) is 1.20. The molecule has 0 amide bonds. The molecule has 226 valence electrons. The fourth-order valence-electron chi connectivity index (χ4n) is 3.88. The fourth-order valence-corrected chi connectivity index (χ4v) is 3.88. The molecule has 5 heterocycles. The van der Waals surface area contributed by atoms with Gasteiger partial charge in [0.25, 0.3) is 11.8 Å². The standard InChI is InChI=1S/C24H24N14O6/c1-9-16(31-33-22-18(13(40)7-39)29-11(3)43-22)20(25)37(35-9)14-6-15(28-8-27-14)38-21(26)17(10(2)36-38)32-34-23-19(24(41)42-5)30-12(4)44-23/h6,8,39H,7,25-26H2,1-5H3. The average Bonchev–Trinajstić information content (AvgIpc) is 3.73. The highest BCUT2D eigenvalue weighted by atomic mass is 16.5. The van der Waals surface area contributed by atoms with Gasteiger partial charge in [-0.2, -0.15) is 19.6 Å². The number of ketones is 1. The molecule has 0 aliphatic rings. The third kappa shape index (κ3) is 5.38. The molecule has 20 nitrogen and oxygen atoms in total. The zero-order chi connectivity index (χ0) is 31.7. The second-order valence-electron chi connectivity index (χ2n) is 8.94. The molecule has 20 heteroatoms. The number of rotatable bonds is 9. The van der Waals surface area contributed by atoms with Gasteiger partial charge in [0.2, 0.25) is 11.5 Å². The molecule has 0 saturated carbocycles. The fraction of sp³-hybridized carbons (Fsp3) is 0.250. The van der Waals surface area contributed by atoms with Gasteiger partial charge < -0.3 is 30.1 Å². The van der Waals surface area contributed by atoms with Crippen LogP contribution < -0.4 is 11.5 Å². The number of carbonyl (C=O) groups is 2. The zero-order valence-corrected chi connectivity index (χ0v) is 23.9. The van der Waals surface area contributed by atoms with Crippen molar-refractivity contribution in [3.63, 3.8) is 0 Å². The molecule has 5 aromatic heterocycles. The van der Waals surface area contributed by atoms with Crippen molar-refractivity contribution in [3.05, 3.63) is 47.0 Å². The highest BCUT2D eigenvalue weighted by molar-refractivity contribution is 5.98. The predicted octanol–water partition coefficient (Wildman–Crippen LogP) is 3.01. The molecule has 44 heavy (non-hydrogen) atoms. The third-order valence-electron chi connectivity index (χ3n) is 5.90. The van der Waals surface area contributed by atoms with Crippen molar-refractivity contribution in [2.45, 2.75) is 27.7 Å². The van der Waals surface area contributed by atoms with Gasteiger partial charge in [-0.05, 0) is 13.8 Å². The summed E-state index contributed by atoms with van der Waals surface area (Å²) in [5.41, 5.74) is 13.5. The number of Topliss-reactive ketones (excluding diaryl/α,β-unsaturated/α-hetero) is 1. The van der Waals surface area contributed by atoms with Gasteiger partial charge in [-0.15, -0.1) is 20.5 Å². The molecule has 0 aliphatic carbocycles. The summed E-state index contributed by atoms with van der Waals surface area (Å²) < 4.78 is 18.0. The summed E-state index contributed by atoms with van der Waals surface area (Å²) >= 11 is 0. The Morgan fingerprint density at radius 3 is 1.80 bits per heavy atom. The van der Waals surface area contributed by atoms with Crippen molar-refractivity contribution in [3.8, 4) is 11.6 Å². The molecular formula is C24H24N14O6. The SMILES string of the molecule is COC(=O)c1nc(C)oc1N=Nc1c(C)nn(-c2cc(-n3nc(C)c(N=Nc4oc(C)nc4C(=O)CO)c3N)ncn2)c1N. The van der Waals surface area contributed by atoms with Crippen molar-refractivity contribution in [2.75, 3.05) is 25.2 Å². The first-order chi connectivity index (χ1) is 21.0. The first kappa shape index (κ1) is 29.3. The Kier molecular flexibility index (Phi) is 7.73. The number of aliphatic hydroxyl groups excluding tert-OH is 1. The van der Waals surface area contributed by atoms with Crippen LogP contribution in [0.5, 0.6) is 0 Å². The monoisotopic (exact) mass is 604 g/mol. The molecule has 0 saturated heterocycles. The molecule has 0 unspecified atom stereocenters. The van der Waals surface area contributed by atoms with E-state index < -0.39 is 18.4 Å². The number of hydrogen-bond donors (Lipinski definition) is 3. The summed E-state index contributed by atoms with van der Waals surface area (Å²) in [5.74, 6) is -0.790. The number of aromatic nitrogens is 8. The van der Waals surface area contributed by atoms with Crippen LogP contribution in [0.2, 0.25) is 0 Å². The van der Waals surface area contributed by atoms with Crippen molar-refractivity contribution in [2.24, 2.45) is 20.5 Å². The number of nitrogens with zero attached hydrogens (tertiary/aromatic N) is 12. The number of hydrogen-bond acceptors (Lipinski definition) is 18. The molecule has 0 aromatic carbocycles. The lowest BCUT2D eigenvalue weighted by Crippen LogP contribution is -2.09. The van der Waals surface area contributed by atoms with Crippen molar-refractivity contribution < 1.29 is 28.3 Å². The van der Waals surface area contributed by atoms with E-state index in [1.165, 1.54) is 35.8 Å². The predicted molar refractivity (Wildman–Crippen MR) is 148 cm³/mol. The Morgan fingerprint density at radius 2 is 1.32 bits per heavy atom. The zero-order valence-electron chi connectivity index (χ0n) is 23.9. The second-order valence-corrected chi connectivity index (χ2v) is 8.94. The Hall–Kier alpha value is -6.18. The highest BCUT2D eigenvalue weighted by Gasteiger charge is 2.22. The van der Waals surface area contributed by atoms with E-state index in [1.54, 1.807) is 20.8 Å². The molecule has 5 rings (SSSR count). The minimum Gasteiger partial charge on any atom is -0.464 e. The average molecular weight is 605 g/mol. The van der Waals surface area contributed by atoms with Crippen LogP contribution in [0.15, 0.2) is 41.7 Å². The molecule has 5 N–H and O–H groups in total. The van der Waals surface area contributed by atoms with Gasteiger partial charge in [-0.1, -0.05) is 0 Å². The lowest BCUT2D eigenvalue weighted by atomic mass is 10.3. The molecule has 0 spiro atoms. The Labute approximate surface area is 246 Å². The molecule has 0 fully saturated rings. The van der Waals surface area contributed by atoms with Crippen LogP contribution in [0.3, 0.4) is 0 Å². The summed E-state index contributed by atoms with van der Waals surface area (Å²) in [5, 5.41) is 34.1.